The van der Waals surface area contributed by atoms with Crippen LogP contribution in [0.2, 0.25) is 0 Å². The molecule has 1 aliphatic rings. The highest BCUT2D eigenvalue weighted by Crippen LogP contribution is 2.19. The molecule has 1 amide bonds. The SMILES string of the molecule is C/C=C\c1scnc1C(=O)N1CCC1. The minimum absolute atomic E-state index is 0.0746. The first-order chi connectivity index (χ1) is 6.83. The zero-order valence-corrected chi connectivity index (χ0v) is 8.88. The highest BCUT2D eigenvalue weighted by molar-refractivity contribution is 7.10. The van der Waals surface area contributed by atoms with Gasteiger partial charge in [-0.25, -0.2) is 4.98 Å². The van der Waals surface area contributed by atoms with E-state index < -0.39 is 0 Å². The summed E-state index contributed by atoms with van der Waals surface area (Å²) < 4.78 is 0. The van der Waals surface area contributed by atoms with E-state index in [-0.39, 0.29) is 5.91 Å². The van der Waals surface area contributed by atoms with Crippen LogP contribution in [-0.4, -0.2) is 28.9 Å². The molecule has 0 atom stereocenters. The Kier molecular flexibility index (Phi) is 2.63. The summed E-state index contributed by atoms with van der Waals surface area (Å²) in [5.41, 5.74) is 2.33. The van der Waals surface area contributed by atoms with Crippen LogP contribution in [0.1, 0.15) is 28.7 Å². The fraction of sp³-hybridized carbons (Fsp3) is 0.400. The van der Waals surface area contributed by atoms with E-state index in [2.05, 4.69) is 4.98 Å². The molecule has 1 saturated heterocycles. The first-order valence-electron chi connectivity index (χ1n) is 4.68. The van der Waals surface area contributed by atoms with Gasteiger partial charge in [-0.15, -0.1) is 11.3 Å². The van der Waals surface area contributed by atoms with Crippen LogP contribution in [-0.2, 0) is 0 Å². The van der Waals surface area contributed by atoms with Gasteiger partial charge < -0.3 is 4.90 Å². The highest BCUT2D eigenvalue weighted by Gasteiger charge is 2.24. The lowest BCUT2D eigenvalue weighted by Gasteiger charge is -2.30. The van der Waals surface area contributed by atoms with E-state index in [0.717, 1.165) is 24.4 Å². The Balaban J connectivity index is 2.21. The summed E-state index contributed by atoms with van der Waals surface area (Å²) in [6.45, 7) is 3.70. The van der Waals surface area contributed by atoms with Crippen molar-refractivity contribution in [2.24, 2.45) is 0 Å². The summed E-state index contributed by atoms with van der Waals surface area (Å²) in [5, 5.41) is 0. The molecule has 14 heavy (non-hydrogen) atoms. The van der Waals surface area contributed by atoms with Crippen molar-refractivity contribution in [1.29, 1.82) is 0 Å². The predicted octanol–water partition coefficient (Wildman–Crippen LogP) is 2.02. The third-order valence-corrected chi connectivity index (χ3v) is 3.05. The molecule has 0 aliphatic carbocycles. The van der Waals surface area contributed by atoms with Crippen LogP contribution in [0.25, 0.3) is 6.08 Å². The first kappa shape index (κ1) is 9.40. The van der Waals surface area contributed by atoms with Gasteiger partial charge in [0.1, 0.15) is 5.69 Å². The number of rotatable bonds is 2. The fourth-order valence-corrected chi connectivity index (χ4v) is 2.09. The van der Waals surface area contributed by atoms with Gasteiger partial charge in [0, 0.05) is 13.1 Å². The number of hydrogen-bond donors (Lipinski definition) is 0. The zero-order valence-electron chi connectivity index (χ0n) is 8.06. The van der Waals surface area contributed by atoms with Gasteiger partial charge >= 0.3 is 0 Å². The van der Waals surface area contributed by atoms with Crippen LogP contribution < -0.4 is 0 Å². The van der Waals surface area contributed by atoms with Crippen molar-refractivity contribution >= 4 is 23.3 Å². The Morgan fingerprint density at radius 3 is 3.00 bits per heavy atom. The van der Waals surface area contributed by atoms with Crippen molar-refractivity contribution in [3.05, 3.63) is 22.2 Å². The van der Waals surface area contributed by atoms with E-state index in [9.17, 15) is 4.79 Å². The molecule has 0 radical (unpaired) electrons. The zero-order chi connectivity index (χ0) is 9.97. The van der Waals surface area contributed by atoms with Gasteiger partial charge in [-0.1, -0.05) is 6.08 Å². The van der Waals surface area contributed by atoms with Crippen LogP contribution in [0.4, 0.5) is 0 Å². The van der Waals surface area contributed by atoms with Gasteiger partial charge in [0.05, 0.1) is 10.4 Å². The van der Waals surface area contributed by atoms with Gasteiger partial charge in [0.2, 0.25) is 0 Å². The minimum Gasteiger partial charge on any atom is -0.337 e. The van der Waals surface area contributed by atoms with E-state index in [4.69, 9.17) is 0 Å². The number of amides is 1. The molecule has 3 nitrogen and oxygen atoms in total. The molecule has 2 rings (SSSR count). The second-order valence-electron chi connectivity index (χ2n) is 3.21. The summed E-state index contributed by atoms with van der Waals surface area (Å²) in [4.78, 5) is 18.7. The summed E-state index contributed by atoms with van der Waals surface area (Å²) in [6.07, 6.45) is 4.99. The number of nitrogens with zero attached hydrogens (tertiary/aromatic N) is 2. The molecule has 1 aliphatic heterocycles. The smallest absolute Gasteiger partial charge is 0.273 e. The maximum absolute atomic E-state index is 11.8. The molecular weight excluding hydrogens is 196 g/mol. The van der Waals surface area contributed by atoms with Gasteiger partial charge in [-0.3, -0.25) is 4.79 Å². The van der Waals surface area contributed by atoms with Crippen LogP contribution in [0.3, 0.4) is 0 Å². The van der Waals surface area contributed by atoms with Crippen molar-refractivity contribution in [1.82, 2.24) is 9.88 Å². The molecule has 74 valence electrons. The lowest BCUT2D eigenvalue weighted by atomic mass is 10.2. The lowest BCUT2D eigenvalue weighted by molar-refractivity contribution is 0.0646. The van der Waals surface area contributed by atoms with Crippen LogP contribution in [0.15, 0.2) is 11.6 Å². The standard InChI is InChI=1S/C10H12N2OS/c1-2-4-8-9(11-7-14-8)10(13)12-5-3-6-12/h2,4,7H,3,5-6H2,1H3/b4-2-. The number of thiazole rings is 1. The molecule has 1 aromatic heterocycles. The Labute approximate surface area is 87.1 Å². The summed E-state index contributed by atoms with van der Waals surface area (Å²) in [6, 6.07) is 0. The van der Waals surface area contributed by atoms with E-state index in [1.807, 2.05) is 24.0 Å². The first-order valence-corrected chi connectivity index (χ1v) is 5.56. The molecule has 1 fully saturated rings. The third kappa shape index (κ3) is 1.57. The topological polar surface area (TPSA) is 33.2 Å². The van der Waals surface area contributed by atoms with E-state index in [1.165, 1.54) is 11.3 Å². The Morgan fingerprint density at radius 2 is 2.43 bits per heavy atom. The van der Waals surface area contributed by atoms with Crippen LogP contribution in [0, 0.1) is 0 Å². The molecule has 0 aromatic carbocycles. The second kappa shape index (κ2) is 3.92. The molecule has 2 heterocycles. The van der Waals surface area contributed by atoms with Gasteiger partial charge in [0.15, 0.2) is 0 Å². The molecule has 1 aromatic rings. The van der Waals surface area contributed by atoms with Crippen molar-refractivity contribution in [2.45, 2.75) is 13.3 Å². The largest absolute Gasteiger partial charge is 0.337 e. The molecule has 0 unspecified atom stereocenters. The van der Waals surface area contributed by atoms with Crippen molar-refractivity contribution < 1.29 is 4.79 Å². The van der Waals surface area contributed by atoms with Crippen LogP contribution in [0.5, 0.6) is 0 Å². The highest BCUT2D eigenvalue weighted by atomic mass is 32.1. The number of aromatic nitrogens is 1. The summed E-state index contributed by atoms with van der Waals surface area (Å²) in [7, 11) is 0. The molecule has 0 spiro atoms. The molecule has 0 bridgehead atoms. The third-order valence-electron chi connectivity index (χ3n) is 2.26. The van der Waals surface area contributed by atoms with E-state index in [1.54, 1.807) is 5.51 Å². The maximum Gasteiger partial charge on any atom is 0.273 e. The fourth-order valence-electron chi connectivity index (χ4n) is 1.35. The van der Waals surface area contributed by atoms with E-state index >= 15 is 0 Å². The lowest BCUT2D eigenvalue weighted by Crippen LogP contribution is -2.42. The quantitative estimate of drug-likeness (QED) is 0.745. The normalized spacial score (nSPS) is 15.9. The Bertz CT molecular complexity index is 366. The second-order valence-corrected chi connectivity index (χ2v) is 4.10. The van der Waals surface area contributed by atoms with Crippen LogP contribution >= 0.6 is 11.3 Å². The average molecular weight is 208 g/mol. The van der Waals surface area contributed by atoms with Crippen molar-refractivity contribution in [3.8, 4) is 0 Å². The minimum atomic E-state index is 0.0746. The number of carbonyl (C=O) groups is 1. The van der Waals surface area contributed by atoms with Gasteiger partial charge in [-0.2, -0.15) is 0 Å². The molecule has 0 saturated carbocycles. The van der Waals surface area contributed by atoms with Gasteiger partial charge in [-0.05, 0) is 19.4 Å². The van der Waals surface area contributed by atoms with Crippen molar-refractivity contribution in [2.75, 3.05) is 13.1 Å². The molecule has 4 heteroatoms. The summed E-state index contributed by atoms with van der Waals surface area (Å²) >= 11 is 1.51. The monoisotopic (exact) mass is 208 g/mol. The number of hydrogen-bond acceptors (Lipinski definition) is 3. The van der Waals surface area contributed by atoms with Gasteiger partial charge in [0.25, 0.3) is 5.91 Å². The average Bonchev–Trinajstić information content (AvgIpc) is 2.49. The Hall–Kier alpha value is -1.16. The number of allylic oxidation sites excluding steroid dienone is 1. The molecule has 0 N–H and O–H groups in total. The number of carbonyl (C=O) groups excluding carboxylic acids is 1. The maximum atomic E-state index is 11.8. The predicted molar refractivity (Wildman–Crippen MR) is 57.3 cm³/mol. The van der Waals surface area contributed by atoms with E-state index in [0.29, 0.717) is 5.69 Å². The summed E-state index contributed by atoms with van der Waals surface area (Å²) in [5.74, 6) is 0.0746. The number of likely N-dealkylation sites (tertiary alicyclic amines) is 1. The Morgan fingerprint density at radius 1 is 1.64 bits per heavy atom. The molecular formula is C10H12N2OS. The van der Waals surface area contributed by atoms with Crippen molar-refractivity contribution in [3.63, 3.8) is 0 Å².